The van der Waals surface area contributed by atoms with Gasteiger partial charge in [-0.25, -0.2) is 9.37 Å². The van der Waals surface area contributed by atoms with Gasteiger partial charge in [0.2, 0.25) is 0 Å². The van der Waals surface area contributed by atoms with Crippen LogP contribution in [0.1, 0.15) is 10.4 Å². The van der Waals surface area contributed by atoms with Crippen molar-refractivity contribution >= 4 is 22.2 Å². The number of likely N-dealkylation sites (N-methyl/N-ethyl adjacent to an activating group) is 1. The first-order valence-electron chi connectivity index (χ1n) is 9.89. The van der Waals surface area contributed by atoms with Crippen molar-refractivity contribution in [3.05, 3.63) is 71.5 Å². The van der Waals surface area contributed by atoms with Gasteiger partial charge in [-0.2, -0.15) is 0 Å². The van der Waals surface area contributed by atoms with Crippen molar-refractivity contribution in [2.45, 2.75) is 0 Å². The van der Waals surface area contributed by atoms with Gasteiger partial charge in [0.1, 0.15) is 5.82 Å². The van der Waals surface area contributed by atoms with Crippen LogP contribution in [-0.4, -0.2) is 58.3 Å². The molecule has 4 aromatic rings. The van der Waals surface area contributed by atoms with Crippen molar-refractivity contribution in [1.82, 2.24) is 19.2 Å². The molecule has 5 rings (SSSR count). The third-order valence-electron chi connectivity index (χ3n) is 5.57. The second kappa shape index (κ2) is 7.66. The lowest BCUT2D eigenvalue weighted by Gasteiger charge is -2.32. The summed E-state index contributed by atoms with van der Waals surface area (Å²) in [7, 11) is 2.08. The Kier molecular flexibility index (Phi) is 4.84. The highest BCUT2D eigenvalue weighted by Gasteiger charge is 2.20. The van der Waals surface area contributed by atoms with E-state index >= 15 is 0 Å². The van der Waals surface area contributed by atoms with Crippen LogP contribution in [0.3, 0.4) is 0 Å². The predicted molar refractivity (Wildman–Crippen MR) is 117 cm³/mol. The summed E-state index contributed by atoms with van der Waals surface area (Å²) in [5, 5.41) is 2.02. The Hall–Kier alpha value is -3.03. The summed E-state index contributed by atoms with van der Waals surface area (Å²) in [6, 6.07) is 14.1. The van der Waals surface area contributed by atoms with Gasteiger partial charge in [0.25, 0.3) is 5.91 Å². The van der Waals surface area contributed by atoms with Crippen LogP contribution < -0.4 is 0 Å². The summed E-state index contributed by atoms with van der Waals surface area (Å²) >= 11 is 1.55. The number of halogens is 1. The zero-order valence-electron chi connectivity index (χ0n) is 16.6. The molecule has 0 saturated carbocycles. The molecule has 0 N–H and O–H groups in total. The molecule has 1 amide bonds. The van der Waals surface area contributed by atoms with Gasteiger partial charge in [-0.15, -0.1) is 11.3 Å². The van der Waals surface area contributed by atoms with E-state index in [1.54, 1.807) is 23.5 Å². The smallest absolute Gasteiger partial charge is 0.253 e. The molecular formula is C23H21FN4OS. The van der Waals surface area contributed by atoms with Crippen molar-refractivity contribution in [3.63, 3.8) is 0 Å². The molecule has 0 unspecified atom stereocenters. The maximum atomic E-state index is 13.2. The van der Waals surface area contributed by atoms with Crippen LogP contribution >= 0.6 is 11.3 Å². The SMILES string of the molecule is CN1CCN(C(=O)c2ccc(-c3cn4c(-c5ccc(F)cc5)csc4n3)cc2)CC1. The van der Waals surface area contributed by atoms with Crippen LogP contribution in [0.4, 0.5) is 4.39 Å². The van der Waals surface area contributed by atoms with E-state index in [0.29, 0.717) is 5.56 Å². The largest absolute Gasteiger partial charge is 0.336 e. The van der Waals surface area contributed by atoms with E-state index < -0.39 is 0 Å². The minimum Gasteiger partial charge on any atom is -0.336 e. The lowest BCUT2D eigenvalue weighted by Crippen LogP contribution is -2.47. The lowest BCUT2D eigenvalue weighted by molar-refractivity contribution is 0.0664. The van der Waals surface area contributed by atoms with E-state index in [1.807, 2.05) is 45.1 Å². The lowest BCUT2D eigenvalue weighted by atomic mass is 10.1. The average molecular weight is 421 g/mol. The molecule has 0 atom stereocenters. The standard InChI is InChI=1S/C23H21FN4OS/c1-26-10-12-27(13-11-26)22(29)18-4-2-16(3-5-18)20-14-28-21(15-30-23(28)25-20)17-6-8-19(24)9-7-17/h2-9,14-15H,10-13H2,1H3. The van der Waals surface area contributed by atoms with Gasteiger partial charge in [0, 0.05) is 48.9 Å². The number of hydrogen-bond donors (Lipinski definition) is 0. The van der Waals surface area contributed by atoms with Crippen LogP contribution in [0.15, 0.2) is 60.1 Å². The topological polar surface area (TPSA) is 40.9 Å². The predicted octanol–water partition coefficient (Wildman–Crippen LogP) is 4.26. The van der Waals surface area contributed by atoms with Gasteiger partial charge >= 0.3 is 0 Å². The zero-order valence-corrected chi connectivity index (χ0v) is 17.4. The number of amides is 1. The second-order valence-electron chi connectivity index (χ2n) is 7.58. The number of carbonyl (C=O) groups is 1. The molecule has 2 aromatic carbocycles. The zero-order chi connectivity index (χ0) is 20.7. The van der Waals surface area contributed by atoms with Crippen LogP contribution in [0.5, 0.6) is 0 Å². The first kappa shape index (κ1) is 19.0. The van der Waals surface area contributed by atoms with Crippen LogP contribution in [-0.2, 0) is 0 Å². The number of imidazole rings is 1. The summed E-state index contributed by atoms with van der Waals surface area (Å²) < 4.78 is 15.3. The molecule has 0 bridgehead atoms. The number of aromatic nitrogens is 2. The fourth-order valence-electron chi connectivity index (χ4n) is 3.73. The Labute approximate surface area is 178 Å². The maximum absolute atomic E-state index is 13.2. The fourth-order valence-corrected chi connectivity index (χ4v) is 4.61. The van der Waals surface area contributed by atoms with E-state index in [4.69, 9.17) is 4.98 Å². The number of fused-ring (bicyclic) bond motifs is 1. The minimum atomic E-state index is -0.247. The van der Waals surface area contributed by atoms with Gasteiger partial charge in [-0.1, -0.05) is 12.1 Å². The monoisotopic (exact) mass is 420 g/mol. The van der Waals surface area contributed by atoms with Crippen LogP contribution in [0.25, 0.3) is 27.5 Å². The van der Waals surface area contributed by atoms with E-state index in [2.05, 4.69) is 11.9 Å². The van der Waals surface area contributed by atoms with Gasteiger partial charge in [0.05, 0.1) is 11.4 Å². The number of benzene rings is 2. The van der Waals surface area contributed by atoms with Gasteiger partial charge in [-0.3, -0.25) is 9.20 Å². The maximum Gasteiger partial charge on any atom is 0.253 e. The molecule has 0 spiro atoms. The number of nitrogens with zero attached hydrogens (tertiary/aromatic N) is 4. The molecule has 1 fully saturated rings. The Bertz CT molecular complexity index is 1190. The van der Waals surface area contributed by atoms with Crippen molar-refractivity contribution in [1.29, 1.82) is 0 Å². The number of thiazole rings is 1. The molecule has 1 aliphatic rings. The highest BCUT2D eigenvalue weighted by atomic mass is 32.1. The highest BCUT2D eigenvalue weighted by molar-refractivity contribution is 7.15. The third kappa shape index (κ3) is 3.51. The van der Waals surface area contributed by atoms with Crippen LogP contribution in [0, 0.1) is 5.82 Å². The average Bonchev–Trinajstić information content (AvgIpc) is 3.36. The molecule has 3 heterocycles. The molecule has 0 radical (unpaired) electrons. The molecule has 0 aliphatic carbocycles. The third-order valence-corrected chi connectivity index (χ3v) is 6.41. The normalized spacial score (nSPS) is 15.1. The molecule has 5 nitrogen and oxygen atoms in total. The molecular weight excluding hydrogens is 399 g/mol. The quantitative estimate of drug-likeness (QED) is 0.497. The first-order valence-corrected chi connectivity index (χ1v) is 10.8. The summed E-state index contributed by atoms with van der Waals surface area (Å²) in [6.07, 6.45) is 1.99. The van der Waals surface area contributed by atoms with Crippen molar-refractivity contribution < 1.29 is 9.18 Å². The van der Waals surface area contributed by atoms with Gasteiger partial charge < -0.3 is 9.80 Å². The molecule has 1 saturated heterocycles. The molecule has 30 heavy (non-hydrogen) atoms. The number of hydrogen-bond acceptors (Lipinski definition) is 4. The minimum absolute atomic E-state index is 0.0825. The molecule has 7 heteroatoms. The van der Waals surface area contributed by atoms with Crippen molar-refractivity contribution in [3.8, 4) is 22.5 Å². The number of rotatable bonds is 3. The summed E-state index contributed by atoms with van der Waals surface area (Å²) in [6.45, 7) is 3.35. The summed E-state index contributed by atoms with van der Waals surface area (Å²) in [5.74, 6) is -0.165. The molecule has 152 valence electrons. The fraction of sp³-hybridized carbons (Fsp3) is 0.217. The van der Waals surface area contributed by atoms with E-state index in [0.717, 1.165) is 53.7 Å². The number of carbonyl (C=O) groups excluding carboxylic acids is 1. The van der Waals surface area contributed by atoms with Crippen molar-refractivity contribution in [2.75, 3.05) is 33.2 Å². The van der Waals surface area contributed by atoms with Crippen molar-refractivity contribution in [2.24, 2.45) is 0 Å². The van der Waals surface area contributed by atoms with Gasteiger partial charge in [-0.05, 0) is 49.0 Å². The number of piperazine rings is 1. The Balaban J connectivity index is 1.39. The first-order chi connectivity index (χ1) is 14.6. The van der Waals surface area contributed by atoms with E-state index in [1.165, 1.54) is 12.1 Å². The highest BCUT2D eigenvalue weighted by Crippen LogP contribution is 2.29. The second-order valence-corrected chi connectivity index (χ2v) is 8.42. The Morgan fingerprint density at radius 2 is 1.63 bits per heavy atom. The summed E-state index contributed by atoms with van der Waals surface area (Å²) in [5.41, 5.74) is 4.45. The molecule has 1 aliphatic heterocycles. The molecule has 2 aromatic heterocycles. The van der Waals surface area contributed by atoms with Gasteiger partial charge in [0.15, 0.2) is 4.96 Å². The van der Waals surface area contributed by atoms with E-state index in [9.17, 15) is 9.18 Å². The Morgan fingerprint density at radius 1 is 0.967 bits per heavy atom. The van der Waals surface area contributed by atoms with E-state index in [-0.39, 0.29) is 11.7 Å². The van der Waals surface area contributed by atoms with Crippen LogP contribution in [0.2, 0.25) is 0 Å². The Morgan fingerprint density at radius 3 is 2.33 bits per heavy atom. The summed E-state index contributed by atoms with van der Waals surface area (Å²) in [4.78, 5) is 22.5.